The molecule has 1 N–H and O–H groups in total. The van der Waals surface area contributed by atoms with Gasteiger partial charge in [-0.15, -0.1) is 0 Å². The van der Waals surface area contributed by atoms with E-state index in [-0.39, 0.29) is 6.09 Å². The summed E-state index contributed by atoms with van der Waals surface area (Å²) in [5.74, 6) is 0. The summed E-state index contributed by atoms with van der Waals surface area (Å²) in [6.45, 7) is 6.09. The van der Waals surface area contributed by atoms with E-state index in [1.807, 2.05) is 51.2 Å². The molecule has 1 amide bonds. The molecule has 0 fully saturated rings. The Morgan fingerprint density at radius 1 is 1.24 bits per heavy atom. The lowest BCUT2D eigenvalue weighted by molar-refractivity contribution is 0.0285. The molecule has 21 heavy (non-hydrogen) atoms. The van der Waals surface area contributed by atoms with Gasteiger partial charge in [-0.1, -0.05) is 24.3 Å². The summed E-state index contributed by atoms with van der Waals surface area (Å²) in [7, 11) is 1.73. The summed E-state index contributed by atoms with van der Waals surface area (Å²) >= 11 is 0. The van der Waals surface area contributed by atoms with E-state index in [1.165, 1.54) is 0 Å². The minimum absolute atomic E-state index is 0.318. The van der Waals surface area contributed by atoms with Crippen LogP contribution in [-0.2, 0) is 11.3 Å². The van der Waals surface area contributed by atoms with Crippen molar-refractivity contribution in [2.75, 3.05) is 7.05 Å². The number of hydrogen-bond donors (Lipinski definition) is 1. The summed E-state index contributed by atoms with van der Waals surface area (Å²) in [4.78, 5) is 13.5. The highest BCUT2D eigenvalue weighted by molar-refractivity contribution is 5.68. The Morgan fingerprint density at radius 2 is 1.90 bits per heavy atom. The molecule has 0 spiro atoms. The molecule has 0 aliphatic rings. The Morgan fingerprint density at radius 3 is 2.43 bits per heavy atom. The average molecular weight is 287 g/mol. The molecular formula is C16H21N3O2. The second-order valence-electron chi connectivity index (χ2n) is 6.02. The van der Waals surface area contributed by atoms with Gasteiger partial charge in [0.15, 0.2) is 0 Å². The van der Waals surface area contributed by atoms with Crippen molar-refractivity contribution in [2.45, 2.75) is 32.9 Å². The van der Waals surface area contributed by atoms with E-state index >= 15 is 0 Å². The van der Waals surface area contributed by atoms with Gasteiger partial charge < -0.3 is 9.64 Å². The van der Waals surface area contributed by atoms with Crippen molar-refractivity contribution in [1.82, 2.24) is 15.1 Å². The minimum Gasteiger partial charge on any atom is -0.444 e. The first-order valence-electron chi connectivity index (χ1n) is 6.87. The Kier molecular flexibility index (Phi) is 4.31. The van der Waals surface area contributed by atoms with E-state index < -0.39 is 5.60 Å². The normalized spacial score (nSPS) is 11.2. The Balaban J connectivity index is 1.98. The van der Waals surface area contributed by atoms with Crippen molar-refractivity contribution >= 4 is 6.09 Å². The molecule has 0 radical (unpaired) electrons. The van der Waals surface area contributed by atoms with Crippen LogP contribution in [0.3, 0.4) is 0 Å². The molecule has 5 heteroatoms. The van der Waals surface area contributed by atoms with E-state index in [9.17, 15) is 4.79 Å². The van der Waals surface area contributed by atoms with Crippen LogP contribution in [0.5, 0.6) is 0 Å². The van der Waals surface area contributed by atoms with Gasteiger partial charge in [0.05, 0.1) is 6.20 Å². The molecular weight excluding hydrogens is 266 g/mol. The van der Waals surface area contributed by atoms with Crippen LogP contribution in [0.25, 0.3) is 11.1 Å². The first-order chi connectivity index (χ1) is 9.85. The molecule has 0 unspecified atom stereocenters. The standard InChI is InChI=1S/C16H21N3O2/c1-16(2,3)21-15(20)19(4)11-12-5-7-13(8-6-12)14-9-17-18-10-14/h5-10H,11H2,1-4H3,(H,17,18). The smallest absolute Gasteiger partial charge is 0.410 e. The number of amides is 1. The van der Waals surface area contributed by atoms with E-state index in [0.717, 1.165) is 16.7 Å². The fourth-order valence-electron chi connectivity index (χ4n) is 1.89. The highest BCUT2D eigenvalue weighted by Crippen LogP contribution is 2.19. The van der Waals surface area contributed by atoms with Crippen LogP contribution in [0, 0.1) is 0 Å². The largest absolute Gasteiger partial charge is 0.444 e. The lowest BCUT2D eigenvalue weighted by Crippen LogP contribution is -2.33. The van der Waals surface area contributed by atoms with Gasteiger partial charge >= 0.3 is 6.09 Å². The van der Waals surface area contributed by atoms with Crippen molar-refractivity contribution in [3.63, 3.8) is 0 Å². The first-order valence-corrected chi connectivity index (χ1v) is 6.87. The van der Waals surface area contributed by atoms with Crippen LogP contribution in [0.1, 0.15) is 26.3 Å². The number of benzene rings is 1. The average Bonchev–Trinajstić information content (AvgIpc) is 2.91. The molecule has 0 bridgehead atoms. The molecule has 112 valence electrons. The Hall–Kier alpha value is -2.30. The molecule has 1 aromatic heterocycles. The zero-order chi connectivity index (χ0) is 15.5. The maximum absolute atomic E-state index is 11.9. The van der Waals surface area contributed by atoms with E-state index in [4.69, 9.17) is 4.74 Å². The third-order valence-electron chi connectivity index (χ3n) is 2.91. The second-order valence-corrected chi connectivity index (χ2v) is 6.02. The van der Waals surface area contributed by atoms with Crippen LogP contribution in [0.15, 0.2) is 36.7 Å². The number of hydrogen-bond acceptors (Lipinski definition) is 3. The Bertz CT molecular complexity index is 583. The fourth-order valence-corrected chi connectivity index (χ4v) is 1.89. The number of nitrogens with one attached hydrogen (secondary N) is 1. The van der Waals surface area contributed by atoms with Crippen LogP contribution in [0.4, 0.5) is 4.79 Å². The van der Waals surface area contributed by atoms with E-state index in [2.05, 4.69) is 10.2 Å². The van der Waals surface area contributed by atoms with Crippen molar-refractivity contribution in [2.24, 2.45) is 0 Å². The second kappa shape index (κ2) is 5.99. The molecule has 2 aromatic rings. The number of carbonyl (C=O) groups is 1. The molecule has 0 aliphatic carbocycles. The van der Waals surface area contributed by atoms with E-state index in [0.29, 0.717) is 6.54 Å². The number of aromatic nitrogens is 2. The molecule has 2 rings (SSSR count). The monoisotopic (exact) mass is 287 g/mol. The van der Waals surface area contributed by atoms with Crippen molar-refractivity contribution in [3.8, 4) is 11.1 Å². The predicted molar refractivity (Wildman–Crippen MR) is 81.7 cm³/mol. The quantitative estimate of drug-likeness (QED) is 0.940. The number of H-pyrrole nitrogens is 1. The Labute approximate surface area is 124 Å². The number of carbonyl (C=O) groups excluding carboxylic acids is 1. The molecule has 1 heterocycles. The van der Waals surface area contributed by atoms with Gasteiger partial charge in [-0.25, -0.2) is 4.79 Å². The molecule has 0 saturated carbocycles. The minimum atomic E-state index is -0.476. The van der Waals surface area contributed by atoms with Crippen LogP contribution >= 0.6 is 0 Å². The molecule has 0 saturated heterocycles. The predicted octanol–water partition coefficient (Wildman–Crippen LogP) is 3.44. The first kappa shape index (κ1) is 15.1. The van der Waals surface area contributed by atoms with Gasteiger partial charge in [-0.3, -0.25) is 5.10 Å². The van der Waals surface area contributed by atoms with Gasteiger partial charge in [0.2, 0.25) is 0 Å². The summed E-state index contributed by atoms with van der Waals surface area (Å²) < 4.78 is 5.33. The van der Waals surface area contributed by atoms with E-state index in [1.54, 1.807) is 18.1 Å². The van der Waals surface area contributed by atoms with Crippen molar-refractivity contribution in [3.05, 3.63) is 42.2 Å². The summed E-state index contributed by atoms with van der Waals surface area (Å²) in [6, 6.07) is 8.04. The number of rotatable bonds is 3. The number of aromatic amines is 1. The number of ether oxygens (including phenoxy) is 1. The third-order valence-corrected chi connectivity index (χ3v) is 2.91. The zero-order valence-corrected chi connectivity index (χ0v) is 12.9. The molecule has 0 atom stereocenters. The third kappa shape index (κ3) is 4.34. The fraction of sp³-hybridized carbons (Fsp3) is 0.375. The molecule has 1 aromatic carbocycles. The maximum atomic E-state index is 11.9. The van der Waals surface area contributed by atoms with Gasteiger partial charge in [-0.2, -0.15) is 5.10 Å². The van der Waals surface area contributed by atoms with Crippen LogP contribution < -0.4 is 0 Å². The highest BCUT2D eigenvalue weighted by Gasteiger charge is 2.19. The van der Waals surface area contributed by atoms with Crippen molar-refractivity contribution in [1.29, 1.82) is 0 Å². The van der Waals surface area contributed by atoms with Crippen molar-refractivity contribution < 1.29 is 9.53 Å². The van der Waals surface area contributed by atoms with Gasteiger partial charge in [0, 0.05) is 25.4 Å². The zero-order valence-electron chi connectivity index (χ0n) is 12.9. The molecule has 0 aliphatic heterocycles. The van der Waals surface area contributed by atoms with Gasteiger partial charge in [0.25, 0.3) is 0 Å². The topological polar surface area (TPSA) is 58.2 Å². The van der Waals surface area contributed by atoms with Crippen LogP contribution in [-0.4, -0.2) is 33.8 Å². The summed E-state index contributed by atoms with van der Waals surface area (Å²) in [5.41, 5.74) is 2.71. The lowest BCUT2D eigenvalue weighted by Gasteiger charge is -2.24. The summed E-state index contributed by atoms with van der Waals surface area (Å²) in [5, 5.41) is 6.72. The number of nitrogens with zero attached hydrogens (tertiary/aromatic N) is 2. The SMILES string of the molecule is CN(Cc1ccc(-c2cn[nH]c2)cc1)C(=O)OC(C)(C)C. The van der Waals surface area contributed by atoms with Crippen LogP contribution in [0.2, 0.25) is 0 Å². The summed E-state index contributed by atoms with van der Waals surface area (Å²) in [6.07, 6.45) is 3.31. The maximum Gasteiger partial charge on any atom is 0.410 e. The molecule has 5 nitrogen and oxygen atoms in total. The lowest BCUT2D eigenvalue weighted by atomic mass is 10.1. The van der Waals surface area contributed by atoms with Gasteiger partial charge in [-0.05, 0) is 31.9 Å². The van der Waals surface area contributed by atoms with Gasteiger partial charge in [0.1, 0.15) is 5.60 Å². The highest BCUT2D eigenvalue weighted by atomic mass is 16.6.